The molecule has 0 saturated carbocycles. The van der Waals surface area contributed by atoms with E-state index in [0.717, 1.165) is 180 Å². The molecule has 0 aromatic carbocycles. The van der Waals surface area contributed by atoms with Gasteiger partial charge in [-0.2, -0.15) is 0 Å². The number of hydrogen-bond donors (Lipinski definition) is 0. The lowest BCUT2D eigenvalue weighted by Gasteiger charge is -2.36. The molecule has 0 rings (SSSR count). The first kappa shape index (κ1) is 59.8. The number of carbonyl (C=O) groups is 4. The average molecular weight is 880 g/mol. The summed E-state index contributed by atoms with van der Waals surface area (Å²) in [7, 11) is 3.95. The van der Waals surface area contributed by atoms with E-state index in [1.165, 1.54) is 0 Å². The molecule has 0 spiro atoms. The van der Waals surface area contributed by atoms with Gasteiger partial charge in [-0.1, -0.05) is 183 Å². The molecule has 0 aromatic rings. The number of unbranched alkanes of at least 4 members (excludes halogenated alkanes) is 16. The highest BCUT2D eigenvalue weighted by atomic mass is 16.6. The Morgan fingerprint density at radius 2 is 0.806 bits per heavy atom. The maximum absolute atomic E-state index is 14.2. The summed E-state index contributed by atoms with van der Waals surface area (Å²) in [4.78, 5) is 58.1. The van der Waals surface area contributed by atoms with E-state index < -0.39 is 11.3 Å². The fraction of sp³-hybridized carbons (Fsp3) is 0.925. The lowest BCUT2D eigenvalue weighted by Crippen LogP contribution is -2.43. The van der Waals surface area contributed by atoms with Crippen molar-refractivity contribution in [3.8, 4) is 0 Å². The first-order valence-electron chi connectivity index (χ1n) is 26.3. The quantitative estimate of drug-likeness (QED) is 0.0336. The Balaban J connectivity index is 7.08. The Morgan fingerprint density at radius 3 is 1.18 bits per heavy atom. The molecular weight excluding hydrogens is 779 g/mol. The van der Waals surface area contributed by atoms with Crippen molar-refractivity contribution in [3.05, 3.63) is 0 Å². The summed E-state index contributed by atoms with van der Waals surface area (Å²) in [6.45, 7) is 15.4. The molecule has 0 aliphatic rings. The summed E-state index contributed by atoms with van der Waals surface area (Å²) in [5.74, 6) is -2.13. The van der Waals surface area contributed by atoms with Crippen LogP contribution in [0.15, 0.2) is 0 Å². The molecule has 0 N–H and O–H groups in total. The van der Waals surface area contributed by atoms with Gasteiger partial charge in [0.15, 0.2) is 0 Å². The molecule has 62 heavy (non-hydrogen) atoms. The fourth-order valence-corrected chi connectivity index (χ4v) is 8.35. The Bertz CT molecular complexity index is 1030. The highest BCUT2D eigenvalue weighted by Crippen LogP contribution is 2.35. The van der Waals surface area contributed by atoms with E-state index in [9.17, 15) is 19.2 Å². The van der Waals surface area contributed by atoms with Crippen molar-refractivity contribution in [2.24, 2.45) is 23.2 Å². The molecule has 0 aliphatic carbocycles. The second-order valence-electron chi connectivity index (χ2n) is 19.2. The first-order chi connectivity index (χ1) is 29.9. The number of ether oxygens (including phenoxy) is 4. The van der Waals surface area contributed by atoms with E-state index in [1.807, 2.05) is 25.9 Å². The topological polar surface area (TPSA) is 108 Å². The SMILES string of the molecule is CCCCCCC(CCCCCC)C(=O)OCC(COC(=O)CCCN(C)C)(COC(=O)C(CCCCCC)CCCCCC)CC(CCCCCC)C(=O)OC(C)CCCC. The summed E-state index contributed by atoms with van der Waals surface area (Å²) >= 11 is 0. The summed E-state index contributed by atoms with van der Waals surface area (Å²) in [5, 5.41) is 0. The van der Waals surface area contributed by atoms with E-state index in [0.29, 0.717) is 12.8 Å². The molecule has 0 amide bonds. The average Bonchev–Trinajstić information content (AvgIpc) is 3.25. The summed E-state index contributed by atoms with van der Waals surface area (Å²) in [6.07, 6.45) is 28.5. The minimum absolute atomic E-state index is 0.105. The van der Waals surface area contributed by atoms with Crippen LogP contribution in [0.3, 0.4) is 0 Å². The van der Waals surface area contributed by atoms with Gasteiger partial charge in [0, 0.05) is 6.42 Å². The third-order valence-electron chi connectivity index (χ3n) is 12.6. The standard InChI is InChI=1S/C53H101NO8/c1-10-16-22-27-34-46(35-28-23-17-11-2)50(56)60-43-53(42-59-49(55)39-32-40-54(8)9,41-48(38-31-26-20-14-5)52(58)62-45(7)33-21-15-6)44-61-51(57)47(36-29-24-18-12-3)37-30-25-19-13-4/h45-48H,10-44H2,1-9H3. The highest BCUT2D eigenvalue weighted by Gasteiger charge is 2.42. The second-order valence-corrected chi connectivity index (χ2v) is 19.2. The molecular formula is C53H101NO8. The summed E-state index contributed by atoms with van der Waals surface area (Å²) < 4.78 is 25.0. The minimum Gasteiger partial charge on any atom is -0.465 e. The molecule has 9 nitrogen and oxygen atoms in total. The van der Waals surface area contributed by atoms with Crippen LogP contribution < -0.4 is 0 Å². The molecule has 2 atom stereocenters. The molecule has 0 aliphatic heterocycles. The fourth-order valence-electron chi connectivity index (χ4n) is 8.35. The number of nitrogens with zero attached hydrogens (tertiary/aromatic N) is 1. The minimum atomic E-state index is -1.13. The zero-order chi connectivity index (χ0) is 46.3. The number of rotatable bonds is 44. The first-order valence-corrected chi connectivity index (χ1v) is 26.3. The van der Waals surface area contributed by atoms with Crippen molar-refractivity contribution < 1.29 is 38.1 Å². The Kier molecular flexibility index (Phi) is 39.0. The van der Waals surface area contributed by atoms with Crippen molar-refractivity contribution in [1.29, 1.82) is 0 Å². The van der Waals surface area contributed by atoms with Crippen LogP contribution in [-0.4, -0.2) is 75.3 Å². The van der Waals surface area contributed by atoms with Crippen LogP contribution in [0.2, 0.25) is 0 Å². The normalized spacial score (nSPS) is 12.8. The second kappa shape index (κ2) is 40.4. The van der Waals surface area contributed by atoms with Crippen molar-refractivity contribution in [2.45, 2.75) is 254 Å². The molecule has 2 unspecified atom stereocenters. The third kappa shape index (κ3) is 31.6. The van der Waals surface area contributed by atoms with Crippen LogP contribution in [0.1, 0.15) is 248 Å². The predicted molar refractivity (Wildman–Crippen MR) is 257 cm³/mol. The van der Waals surface area contributed by atoms with Gasteiger partial charge in [0.25, 0.3) is 0 Å². The van der Waals surface area contributed by atoms with Crippen LogP contribution in [0, 0.1) is 23.2 Å². The van der Waals surface area contributed by atoms with Crippen molar-refractivity contribution in [3.63, 3.8) is 0 Å². The van der Waals surface area contributed by atoms with E-state index in [2.05, 4.69) is 41.5 Å². The molecule has 9 heteroatoms. The smallest absolute Gasteiger partial charge is 0.309 e. The highest BCUT2D eigenvalue weighted by molar-refractivity contribution is 5.74. The lowest BCUT2D eigenvalue weighted by molar-refractivity contribution is -0.170. The molecule has 0 radical (unpaired) electrons. The zero-order valence-corrected chi connectivity index (χ0v) is 42.3. The monoisotopic (exact) mass is 880 g/mol. The maximum Gasteiger partial charge on any atom is 0.309 e. The van der Waals surface area contributed by atoms with Crippen LogP contribution in [0.5, 0.6) is 0 Å². The van der Waals surface area contributed by atoms with E-state index in [1.54, 1.807) is 0 Å². The van der Waals surface area contributed by atoms with E-state index >= 15 is 0 Å². The van der Waals surface area contributed by atoms with Gasteiger partial charge in [0.1, 0.15) is 19.8 Å². The molecule has 0 aromatic heterocycles. The molecule has 0 heterocycles. The summed E-state index contributed by atoms with van der Waals surface area (Å²) in [5.41, 5.74) is -1.13. The number of carbonyl (C=O) groups excluding carboxylic acids is 4. The molecule has 0 bridgehead atoms. The maximum atomic E-state index is 14.2. The largest absolute Gasteiger partial charge is 0.465 e. The molecule has 0 fully saturated rings. The Labute approximate surface area is 383 Å². The van der Waals surface area contributed by atoms with Crippen LogP contribution in [-0.2, 0) is 38.1 Å². The molecule has 366 valence electrons. The van der Waals surface area contributed by atoms with Crippen molar-refractivity contribution in [1.82, 2.24) is 4.90 Å². The zero-order valence-electron chi connectivity index (χ0n) is 42.3. The van der Waals surface area contributed by atoms with Gasteiger partial charge in [-0.3, -0.25) is 19.2 Å². The molecule has 0 saturated heterocycles. The summed E-state index contributed by atoms with van der Waals surface area (Å²) in [6, 6.07) is 0. The van der Waals surface area contributed by atoms with Gasteiger partial charge >= 0.3 is 23.9 Å². The third-order valence-corrected chi connectivity index (χ3v) is 12.6. The Morgan fingerprint density at radius 1 is 0.435 bits per heavy atom. The van der Waals surface area contributed by atoms with E-state index in [4.69, 9.17) is 18.9 Å². The lowest BCUT2D eigenvalue weighted by atomic mass is 9.78. The van der Waals surface area contributed by atoms with Gasteiger partial charge in [-0.05, 0) is 78.9 Å². The van der Waals surface area contributed by atoms with Gasteiger partial charge < -0.3 is 23.8 Å². The van der Waals surface area contributed by atoms with Crippen LogP contribution >= 0.6 is 0 Å². The van der Waals surface area contributed by atoms with Gasteiger partial charge in [-0.25, -0.2) is 0 Å². The van der Waals surface area contributed by atoms with Crippen molar-refractivity contribution in [2.75, 3.05) is 40.5 Å². The van der Waals surface area contributed by atoms with Crippen molar-refractivity contribution >= 4 is 23.9 Å². The number of hydrogen-bond acceptors (Lipinski definition) is 9. The van der Waals surface area contributed by atoms with E-state index in [-0.39, 0.29) is 74.5 Å². The number of esters is 4. The Hall–Kier alpha value is -2.16. The van der Waals surface area contributed by atoms with Crippen LogP contribution in [0.25, 0.3) is 0 Å². The van der Waals surface area contributed by atoms with Crippen LogP contribution in [0.4, 0.5) is 0 Å². The van der Waals surface area contributed by atoms with Gasteiger partial charge in [0.2, 0.25) is 0 Å². The van der Waals surface area contributed by atoms with Gasteiger partial charge in [0.05, 0.1) is 29.3 Å². The van der Waals surface area contributed by atoms with Gasteiger partial charge in [-0.15, -0.1) is 0 Å². The predicted octanol–water partition coefficient (Wildman–Crippen LogP) is 14.2.